The van der Waals surface area contributed by atoms with E-state index >= 15 is 0 Å². The zero-order valence-corrected chi connectivity index (χ0v) is 11.7. The van der Waals surface area contributed by atoms with Gasteiger partial charge in [0.25, 0.3) is 5.91 Å². The summed E-state index contributed by atoms with van der Waals surface area (Å²) in [5, 5.41) is 18.3. The van der Waals surface area contributed by atoms with Gasteiger partial charge in [-0.25, -0.2) is 4.79 Å². The Morgan fingerprint density at radius 3 is 2.67 bits per heavy atom. The smallest absolute Gasteiger partial charge is 0.326 e. The fourth-order valence-corrected chi connectivity index (χ4v) is 2.07. The number of nitrogens with zero attached hydrogens (tertiary/aromatic N) is 1. The second-order valence-corrected chi connectivity index (χ2v) is 4.68. The number of rotatable bonds is 6. The van der Waals surface area contributed by atoms with Gasteiger partial charge in [-0.15, -0.1) is 0 Å². The van der Waals surface area contributed by atoms with E-state index in [9.17, 15) is 9.59 Å². The Hall–Kier alpha value is -2.63. The van der Waals surface area contributed by atoms with Crippen molar-refractivity contribution in [2.75, 3.05) is 0 Å². The predicted molar refractivity (Wildman–Crippen MR) is 77.8 cm³/mol. The number of carbonyl (C=O) groups is 2. The van der Waals surface area contributed by atoms with E-state index in [1.807, 2.05) is 37.3 Å². The van der Waals surface area contributed by atoms with Crippen LogP contribution in [0.2, 0.25) is 0 Å². The number of aromatic amines is 1. The monoisotopic (exact) mass is 287 g/mol. The van der Waals surface area contributed by atoms with Gasteiger partial charge in [0.05, 0.1) is 17.5 Å². The van der Waals surface area contributed by atoms with E-state index in [0.29, 0.717) is 24.1 Å². The summed E-state index contributed by atoms with van der Waals surface area (Å²) in [6.45, 7) is 1.87. The molecule has 0 fully saturated rings. The highest BCUT2D eigenvalue weighted by Crippen LogP contribution is 2.20. The molecule has 0 aliphatic rings. The molecule has 0 saturated carbocycles. The molecule has 0 aliphatic carbocycles. The van der Waals surface area contributed by atoms with E-state index in [2.05, 4.69) is 15.5 Å². The minimum absolute atomic E-state index is 0.337. The van der Waals surface area contributed by atoms with Crippen molar-refractivity contribution in [2.45, 2.75) is 25.8 Å². The molecule has 1 heterocycles. The largest absolute Gasteiger partial charge is 0.480 e. The number of aliphatic carboxylic acids is 1. The topological polar surface area (TPSA) is 95.1 Å². The van der Waals surface area contributed by atoms with Gasteiger partial charge >= 0.3 is 5.97 Å². The van der Waals surface area contributed by atoms with Crippen LogP contribution >= 0.6 is 0 Å². The number of nitrogens with one attached hydrogen (secondary N) is 2. The van der Waals surface area contributed by atoms with Gasteiger partial charge in [0.15, 0.2) is 0 Å². The Balaban J connectivity index is 2.21. The molecule has 0 radical (unpaired) electrons. The molecule has 0 spiro atoms. The molecule has 21 heavy (non-hydrogen) atoms. The van der Waals surface area contributed by atoms with Crippen molar-refractivity contribution < 1.29 is 14.7 Å². The lowest BCUT2D eigenvalue weighted by atomic mass is 10.1. The summed E-state index contributed by atoms with van der Waals surface area (Å²) in [7, 11) is 0. The molecule has 1 aromatic carbocycles. The molecule has 0 bridgehead atoms. The number of H-pyrrole nitrogens is 1. The van der Waals surface area contributed by atoms with Crippen molar-refractivity contribution in [3.05, 3.63) is 42.1 Å². The highest BCUT2D eigenvalue weighted by atomic mass is 16.4. The number of carboxylic acids is 1. The first-order chi connectivity index (χ1) is 10.1. The van der Waals surface area contributed by atoms with Crippen molar-refractivity contribution in [1.82, 2.24) is 15.5 Å². The standard InChI is InChI=1S/C15H17N3O3/c1-2-6-12(15(20)21)17-14(19)11-9-16-18-13(11)10-7-4-3-5-8-10/h3-5,7-9,12H,2,6H2,1H3,(H,16,18)(H,17,19)(H,20,21). The molecule has 2 rings (SSSR count). The fourth-order valence-electron chi connectivity index (χ4n) is 2.07. The second-order valence-electron chi connectivity index (χ2n) is 4.68. The molecule has 0 aliphatic heterocycles. The lowest BCUT2D eigenvalue weighted by Gasteiger charge is -2.13. The summed E-state index contributed by atoms with van der Waals surface area (Å²) >= 11 is 0. The predicted octanol–water partition coefficient (Wildman–Crippen LogP) is 2.06. The molecule has 2 aromatic rings. The molecule has 0 saturated heterocycles. The minimum atomic E-state index is -1.03. The third-order valence-corrected chi connectivity index (χ3v) is 3.13. The summed E-state index contributed by atoms with van der Waals surface area (Å²) < 4.78 is 0. The van der Waals surface area contributed by atoms with E-state index in [-0.39, 0.29) is 0 Å². The van der Waals surface area contributed by atoms with Crippen LogP contribution in [0.15, 0.2) is 36.5 Å². The number of aromatic nitrogens is 2. The zero-order valence-electron chi connectivity index (χ0n) is 11.7. The number of benzene rings is 1. The Bertz CT molecular complexity index is 622. The van der Waals surface area contributed by atoms with E-state index < -0.39 is 17.9 Å². The van der Waals surface area contributed by atoms with Crippen molar-refractivity contribution in [2.24, 2.45) is 0 Å². The average molecular weight is 287 g/mol. The van der Waals surface area contributed by atoms with E-state index in [1.54, 1.807) is 0 Å². The minimum Gasteiger partial charge on any atom is -0.480 e. The first kappa shape index (κ1) is 14.8. The van der Waals surface area contributed by atoms with Crippen LogP contribution in [0, 0.1) is 0 Å². The van der Waals surface area contributed by atoms with Crippen LogP contribution in [0.5, 0.6) is 0 Å². The maximum Gasteiger partial charge on any atom is 0.326 e. The molecule has 1 amide bonds. The van der Waals surface area contributed by atoms with Gasteiger partial charge in [0, 0.05) is 5.56 Å². The molecule has 6 heteroatoms. The Kier molecular flexibility index (Phi) is 4.71. The Morgan fingerprint density at radius 2 is 2.05 bits per heavy atom. The summed E-state index contributed by atoms with van der Waals surface area (Å²) in [5.41, 5.74) is 1.74. The van der Waals surface area contributed by atoms with Crippen molar-refractivity contribution >= 4 is 11.9 Å². The molecule has 1 unspecified atom stereocenters. The summed E-state index contributed by atoms with van der Waals surface area (Å²) in [6.07, 6.45) is 2.47. The molecular formula is C15H17N3O3. The van der Waals surface area contributed by atoms with Crippen LogP contribution in [-0.2, 0) is 4.79 Å². The molecule has 110 valence electrons. The van der Waals surface area contributed by atoms with Gasteiger partial charge in [0.1, 0.15) is 6.04 Å². The molecule has 1 atom stereocenters. The molecular weight excluding hydrogens is 270 g/mol. The van der Waals surface area contributed by atoms with Gasteiger partial charge in [-0.2, -0.15) is 5.10 Å². The summed E-state index contributed by atoms with van der Waals surface area (Å²) in [4.78, 5) is 23.4. The van der Waals surface area contributed by atoms with Crippen LogP contribution in [-0.4, -0.2) is 33.2 Å². The highest BCUT2D eigenvalue weighted by Gasteiger charge is 2.22. The zero-order chi connectivity index (χ0) is 15.2. The third-order valence-electron chi connectivity index (χ3n) is 3.13. The number of carbonyl (C=O) groups excluding carboxylic acids is 1. The lowest BCUT2D eigenvalue weighted by molar-refractivity contribution is -0.139. The summed E-state index contributed by atoms with van der Waals surface area (Å²) in [6, 6.07) is 8.41. The fraction of sp³-hybridized carbons (Fsp3) is 0.267. The third kappa shape index (κ3) is 3.47. The van der Waals surface area contributed by atoms with Crippen molar-refractivity contribution in [3.63, 3.8) is 0 Å². The van der Waals surface area contributed by atoms with Crippen LogP contribution < -0.4 is 5.32 Å². The highest BCUT2D eigenvalue weighted by molar-refractivity contribution is 6.01. The number of hydrogen-bond acceptors (Lipinski definition) is 3. The molecule has 6 nitrogen and oxygen atoms in total. The maximum absolute atomic E-state index is 12.3. The van der Waals surface area contributed by atoms with Gasteiger partial charge < -0.3 is 10.4 Å². The van der Waals surface area contributed by atoms with E-state index in [0.717, 1.165) is 5.56 Å². The van der Waals surface area contributed by atoms with Crippen LogP contribution in [0.25, 0.3) is 11.3 Å². The first-order valence-electron chi connectivity index (χ1n) is 6.76. The van der Waals surface area contributed by atoms with Crippen molar-refractivity contribution in [1.29, 1.82) is 0 Å². The number of hydrogen-bond donors (Lipinski definition) is 3. The Labute approximate surface area is 122 Å². The van der Waals surface area contributed by atoms with Gasteiger partial charge in [-0.1, -0.05) is 43.7 Å². The van der Waals surface area contributed by atoms with E-state index in [1.165, 1.54) is 6.20 Å². The van der Waals surface area contributed by atoms with Gasteiger partial charge in [0.2, 0.25) is 0 Å². The second kappa shape index (κ2) is 6.69. The average Bonchev–Trinajstić information content (AvgIpc) is 2.97. The first-order valence-corrected chi connectivity index (χ1v) is 6.76. The Morgan fingerprint density at radius 1 is 1.33 bits per heavy atom. The number of carboxylic acid groups (broad SMARTS) is 1. The van der Waals surface area contributed by atoms with Gasteiger partial charge in [-0.3, -0.25) is 9.89 Å². The van der Waals surface area contributed by atoms with Crippen molar-refractivity contribution in [3.8, 4) is 11.3 Å². The summed E-state index contributed by atoms with van der Waals surface area (Å²) in [5.74, 6) is -1.47. The molecule has 1 aromatic heterocycles. The normalized spacial score (nSPS) is 11.9. The van der Waals surface area contributed by atoms with Crippen LogP contribution in [0.1, 0.15) is 30.1 Å². The maximum atomic E-state index is 12.3. The quantitative estimate of drug-likeness (QED) is 0.757. The van der Waals surface area contributed by atoms with Crippen LogP contribution in [0.3, 0.4) is 0 Å². The number of amides is 1. The SMILES string of the molecule is CCCC(NC(=O)c1cn[nH]c1-c1ccccc1)C(=O)O. The van der Waals surface area contributed by atoms with Gasteiger partial charge in [-0.05, 0) is 6.42 Å². The van der Waals surface area contributed by atoms with Crippen LogP contribution in [0.4, 0.5) is 0 Å². The molecule has 3 N–H and O–H groups in total. The van der Waals surface area contributed by atoms with E-state index in [4.69, 9.17) is 5.11 Å². The lowest BCUT2D eigenvalue weighted by Crippen LogP contribution is -2.40.